The first-order chi connectivity index (χ1) is 9.23. The van der Waals surface area contributed by atoms with Gasteiger partial charge in [-0.15, -0.1) is 0 Å². The predicted molar refractivity (Wildman–Crippen MR) is 67.9 cm³/mol. The fourth-order valence-electron chi connectivity index (χ4n) is 1.66. The molecule has 0 fully saturated rings. The molecule has 0 N–H and O–H groups in total. The van der Waals surface area contributed by atoms with E-state index in [2.05, 4.69) is 14.7 Å². The number of aliphatic imine (C=N–C) groups is 2. The summed E-state index contributed by atoms with van der Waals surface area (Å²) >= 11 is 0.974. The number of amidine groups is 1. The molecule has 6 nitrogen and oxygen atoms in total. The maximum atomic E-state index is 13.3. The predicted octanol–water partition coefficient (Wildman–Crippen LogP) is 1.23. The fraction of sp³-hybridized carbons (Fsp3) is 0.500. The van der Waals surface area contributed by atoms with E-state index in [0.717, 1.165) is 18.9 Å². The molecule has 1 atom stereocenters. The number of carbonyl (C=O) groups is 1. The maximum Gasteiger partial charge on any atom is 0.446 e. The van der Waals surface area contributed by atoms with Crippen LogP contribution in [0.5, 0.6) is 0 Å². The average Bonchev–Trinajstić information content (AvgIpc) is 2.82. The minimum atomic E-state index is -5.00. The van der Waals surface area contributed by atoms with E-state index in [-0.39, 0.29) is 11.1 Å². The molecule has 10 heteroatoms. The Morgan fingerprint density at radius 3 is 2.60 bits per heavy atom. The third kappa shape index (κ3) is 2.03. The molecule has 0 aromatic rings. The largest absolute Gasteiger partial charge is 0.465 e. The molecule has 0 aliphatic carbocycles. The van der Waals surface area contributed by atoms with Gasteiger partial charge in [0.05, 0.1) is 7.11 Å². The number of hydrogen-bond donors (Lipinski definition) is 0. The summed E-state index contributed by atoms with van der Waals surface area (Å²) in [6.07, 6.45) is -3.47. The van der Waals surface area contributed by atoms with Gasteiger partial charge in [-0.25, -0.2) is 14.8 Å². The quantitative estimate of drug-likeness (QED) is 0.682. The number of rotatable bonds is 1. The molecule has 0 aromatic carbocycles. The lowest BCUT2D eigenvalue weighted by Gasteiger charge is -2.35. The van der Waals surface area contributed by atoms with E-state index in [4.69, 9.17) is 0 Å². The van der Waals surface area contributed by atoms with Crippen LogP contribution in [0.1, 0.15) is 0 Å². The fourth-order valence-corrected chi connectivity index (χ4v) is 2.40. The van der Waals surface area contributed by atoms with Gasteiger partial charge in [-0.3, -0.25) is 4.90 Å². The lowest BCUT2D eigenvalue weighted by molar-refractivity contribution is -0.202. The second kappa shape index (κ2) is 4.69. The highest BCUT2D eigenvalue weighted by Crippen LogP contribution is 2.41. The average molecular weight is 308 g/mol. The standard InChI is InChI=1S/C10H11F3N4O2S/c1-16(2)7-14-9(6(18)19-3,10(11,12)13)15-8-17(7)4-5-20-8/h4-5H,1-3H3/t9-/m1/s1. The molecule has 0 aromatic heterocycles. The number of esters is 1. The number of nitrogens with zero attached hydrogens (tertiary/aromatic N) is 4. The first-order valence-electron chi connectivity index (χ1n) is 5.37. The number of hydrogen-bond acceptors (Lipinski definition) is 7. The molecule has 0 amide bonds. The summed E-state index contributed by atoms with van der Waals surface area (Å²) < 4.78 is 44.3. The van der Waals surface area contributed by atoms with Crippen LogP contribution < -0.4 is 0 Å². The number of thioether (sulfide) groups is 1. The first kappa shape index (κ1) is 14.7. The van der Waals surface area contributed by atoms with Crippen molar-refractivity contribution in [2.24, 2.45) is 9.98 Å². The molecule has 2 aliphatic heterocycles. The minimum absolute atomic E-state index is 0.0198. The highest BCUT2D eigenvalue weighted by Gasteiger charge is 2.65. The second-order valence-corrected chi connectivity index (χ2v) is 5.01. The van der Waals surface area contributed by atoms with Crippen molar-refractivity contribution in [3.63, 3.8) is 0 Å². The van der Waals surface area contributed by atoms with Crippen LogP contribution in [-0.4, -0.2) is 59.9 Å². The molecule has 2 heterocycles. The van der Waals surface area contributed by atoms with Gasteiger partial charge >= 0.3 is 17.8 Å². The molecule has 0 spiro atoms. The Bertz CT molecular complexity index is 529. The number of ether oxygens (including phenoxy) is 1. The van der Waals surface area contributed by atoms with Crippen molar-refractivity contribution in [2.45, 2.75) is 11.8 Å². The van der Waals surface area contributed by atoms with E-state index in [1.807, 2.05) is 0 Å². The Labute approximate surface area is 117 Å². The zero-order valence-corrected chi connectivity index (χ0v) is 11.6. The third-order valence-corrected chi connectivity index (χ3v) is 3.35. The molecule has 110 valence electrons. The number of guanidine groups is 1. The lowest BCUT2D eigenvalue weighted by atomic mass is 10.1. The minimum Gasteiger partial charge on any atom is -0.465 e. The van der Waals surface area contributed by atoms with Crippen LogP contribution in [0.15, 0.2) is 21.6 Å². The summed E-state index contributed by atoms with van der Waals surface area (Å²) in [6, 6.07) is 0. The molecule has 0 radical (unpaired) electrons. The molecular weight excluding hydrogens is 297 g/mol. The van der Waals surface area contributed by atoms with Gasteiger partial charge in [0, 0.05) is 20.3 Å². The van der Waals surface area contributed by atoms with Crippen LogP contribution in [0.4, 0.5) is 13.2 Å². The van der Waals surface area contributed by atoms with Crippen molar-refractivity contribution in [3.8, 4) is 0 Å². The number of fused-ring (bicyclic) bond motifs is 1. The van der Waals surface area contributed by atoms with Crippen molar-refractivity contribution >= 4 is 28.9 Å². The Morgan fingerprint density at radius 1 is 1.45 bits per heavy atom. The van der Waals surface area contributed by atoms with Crippen molar-refractivity contribution < 1.29 is 22.7 Å². The normalized spacial score (nSPS) is 25.0. The monoisotopic (exact) mass is 308 g/mol. The molecular formula is C10H11F3N4O2S. The van der Waals surface area contributed by atoms with Gasteiger partial charge in [0.15, 0.2) is 5.17 Å². The van der Waals surface area contributed by atoms with Gasteiger partial charge in [-0.05, 0) is 5.41 Å². The number of methoxy groups -OCH3 is 1. The molecule has 0 unspecified atom stereocenters. The molecule has 20 heavy (non-hydrogen) atoms. The lowest BCUT2D eigenvalue weighted by Crippen LogP contribution is -2.56. The number of alkyl halides is 3. The van der Waals surface area contributed by atoms with Gasteiger partial charge in [0.2, 0.25) is 5.96 Å². The van der Waals surface area contributed by atoms with Crippen molar-refractivity contribution in [3.05, 3.63) is 11.6 Å². The zero-order valence-electron chi connectivity index (χ0n) is 10.8. The smallest absolute Gasteiger partial charge is 0.446 e. The van der Waals surface area contributed by atoms with E-state index in [0.29, 0.717) is 0 Å². The molecule has 2 aliphatic rings. The summed E-state index contributed by atoms with van der Waals surface area (Å²) in [5.41, 5.74) is -3.26. The summed E-state index contributed by atoms with van der Waals surface area (Å²) in [6.45, 7) is 0. The Hall–Kier alpha value is -1.71. The highest BCUT2D eigenvalue weighted by molar-refractivity contribution is 8.16. The molecule has 0 saturated heterocycles. The van der Waals surface area contributed by atoms with Crippen molar-refractivity contribution in [2.75, 3.05) is 21.2 Å². The molecule has 2 rings (SSSR count). The maximum absolute atomic E-state index is 13.3. The summed E-state index contributed by atoms with van der Waals surface area (Å²) in [5.74, 6) is -1.61. The van der Waals surface area contributed by atoms with Gasteiger partial charge in [-0.1, -0.05) is 11.8 Å². The van der Waals surface area contributed by atoms with Crippen LogP contribution in [0.3, 0.4) is 0 Å². The van der Waals surface area contributed by atoms with Crippen LogP contribution in [0, 0.1) is 0 Å². The van der Waals surface area contributed by atoms with E-state index >= 15 is 0 Å². The molecule has 0 saturated carbocycles. The summed E-state index contributed by atoms with van der Waals surface area (Å²) in [7, 11) is 3.92. The van der Waals surface area contributed by atoms with Crippen molar-refractivity contribution in [1.29, 1.82) is 0 Å². The second-order valence-electron chi connectivity index (χ2n) is 4.14. The number of carbonyl (C=O) groups excluding carboxylic acids is 1. The van der Waals surface area contributed by atoms with Crippen LogP contribution >= 0.6 is 11.8 Å². The SMILES string of the molecule is COC(=O)[C@]1(C(F)(F)F)N=C2SC=CN2C(N(C)C)=N1. The first-order valence-corrected chi connectivity index (χ1v) is 6.25. The van der Waals surface area contributed by atoms with Crippen LogP contribution in [0.2, 0.25) is 0 Å². The topological polar surface area (TPSA) is 57.5 Å². The van der Waals surface area contributed by atoms with Gasteiger partial charge in [0.25, 0.3) is 0 Å². The van der Waals surface area contributed by atoms with Crippen molar-refractivity contribution in [1.82, 2.24) is 9.80 Å². The van der Waals surface area contributed by atoms with Crippen LogP contribution in [-0.2, 0) is 9.53 Å². The highest BCUT2D eigenvalue weighted by atomic mass is 32.2. The van der Waals surface area contributed by atoms with E-state index in [1.54, 1.807) is 5.41 Å². The van der Waals surface area contributed by atoms with Gasteiger partial charge in [-0.2, -0.15) is 13.2 Å². The van der Waals surface area contributed by atoms with Gasteiger partial charge in [0.1, 0.15) is 0 Å². The Morgan fingerprint density at radius 2 is 2.10 bits per heavy atom. The Balaban J connectivity index is 2.63. The summed E-state index contributed by atoms with van der Waals surface area (Å²) in [5, 5.41) is 1.58. The number of halogens is 3. The zero-order chi connectivity index (χ0) is 15.1. The molecule has 0 bridgehead atoms. The van der Waals surface area contributed by atoms with E-state index < -0.39 is 17.8 Å². The summed E-state index contributed by atoms with van der Waals surface area (Å²) in [4.78, 5) is 21.4. The Kier molecular flexibility index (Phi) is 3.44. The third-order valence-electron chi connectivity index (χ3n) is 2.59. The van der Waals surface area contributed by atoms with E-state index in [9.17, 15) is 18.0 Å². The van der Waals surface area contributed by atoms with E-state index in [1.165, 1.54) is 30.1 Å². The van der Waals surface area contributed by atoms with Crippen LogP contribution in [0.25, 0.3) is 0 Å². The van der Waals surface area contributed by atoms with Gasteiger partial charge < -0.3 is 9.64 Å².